The smallest absolute Gasteiger partial charge is 0.255 e. The fraction of sp³-hybridized carbons (Fsp3) is 0.733. The average Bonchev–Trinajstić information content (AvgIpc) is 2.77. The Morgan fingerprint density at radius 2 is 2.19 bits per heavy atom. The maximum Gasteiger partial charge on any atom is 0.255 e. The van der Waals surface area contributed by atoms with Crippen LogP contribution in [-0.2, 0) is 24.1 Å². The second-order valence-corrected chi connectivity index (χ2v) is 6.04. The first-order valence-electron chi connectivity index (χ1n) is 7.74. The average molecular weight is 293 g/mol. The van der Waals surface area contributed by atoms with E-state index in [9.17, 15) is 9.90 Å². The van der Waals surface area contributed by atoms with Gasteiger partial charge >= 0.3 is 0 Å². The van der Waals surface area contributed by atoms with Gasteiger partial charge in [0.1, 0.15) is 0 Å². The number of aromatic nitrogens is 2. The number of carbonyl (C=O) groups excluding carboxylic acids is 1. The van der Waals surface area contributed by atoms with Crippen LogP contribution in [-0.4, -0.2) is 47.2 Å². The molecule has 0 bridgehead atoms. The lowest BCUT2D eigenvalue weighted by Gasteiger charge is -2.36. The van der Waals surface area contributed by atoms with Gasteiger partial charge in [0, 0.05) is 19.8 Å². The highest BCUT2D eigenvalue weighted by Crippen LogP contribution is 2.37. The van der Waals surface area contributed by atoms with E-state index in [2.05, 4.69) is 10.4 Å². The van der Waals surface area contributed by atoms with Crippen LogP contribution >= 0.6 is 0 Å². The second kappa shape index (κ2) is 5.77. The molecule has 6 nitrogen and oxygen atoms in total. The molecule has 0 unspecified atom stereocenters. The first-order chi connectivity index (χ1) is 10.2. The fourth-order valence-electron chi connectivity index (χ4n) is 3.45. The van der Waals surface area contributed by atoms with Gasteiger partial charge in [0.2, 0.25) is 0 Å². The van der Waals surface area contributed by atoms with Crippen LogP contribution in [0.2, 0.25) is 0 Å². The number of rotatable bonds is 3. The number of carbonyl (C=O) groups is 1. The molecule has 0 radical (unpaired) electrons. The molecule has 0 aliphatic carbocycles. The molecule has 2 N–H and O–H groups in total. The number of aliphatic hydroxyl groups is 1. The summed E-state index contributed by atoms with van der Waals surface area (Å²) in [5.74, 6) is -0.0191. The zero-order valence-corrected chi connectivity index (χ0v) is 12.5. The molecule has 1 saturated heterocycles. The molecule has 6 heteroatoms. The highest BCUT2D eigenvalue weighted by atomic mass is 16.5. The van der Waals surface area contributed by atoms with Gasteiger partial charge in [-0.3, -0.25) is 9.48 Å². The van der Waals surface area contributed by atoms with Crippen LogP contribution in [0.25, 0.3) is 0 Å². The lowest BCUT2D eigenvalue weighted by atomic mass is 9.76. The van der Waals surface area contributed by atoms with Crippen molar-refractivity contribution in [3.05, 3.63) is 17.0 Å². The van der Waals surface area contributed by atoms with Crippen LogP contribution in [0.4, 0.5) is 0 Å². The van der Waals surface area contributed by atoms with Gasteiger partial charge in [-0.05, 0) is 31.1 Å². The molecule has 0 atom stereocenters. The molecule has 1 fully saturated rings. The molecule has 3 rings (SSSR count). The number of hydrogen-bond acceptors (Lipinski definition) is 4. The lowest BCUT2D eigenvalue weighted by Crippen LogP contribution is -2.40. The van der Waals surface area contributed by atoms with Crippen molar-refractivity contribution < 1.29 is 14.6 Å². The minimum Gasteiger partial charge on any atom is -0.394 e. The number of amides is 1. The summed E-state index contributed by atoms with van der Waals surface area (Å²) in [7, 11) is 0. The van der Waals surface area contributed by atoms with Crippen LogP contribution < -0.4 is 5.32 Å². The van der Waals surface area contributed by atoms with Crippen LogP contribution in [0.3, 0.4) is 0 Å². The van der Waals surface area contributed by atoms with E-state index in [0.29, 0.717) is 13.1 Å². The Bertz CT molecular complexity index is 533. The van der Waals surface area contributed by atoms with E-state index in [4.69, 9.17) is 4.74 Å². The minimum atomic E-state index is -0.0191. The molecular weight excluding hydrogens is 270 g/mol. The third-order valence-corrected chi connectivity index (χ3v) is 4.72. The van der Waals surface area contributed by atoms with E-state index in [1.54, 1.807) is 0 Å². The molecule has 0 saturated carbocycles. The van der Waals surface area contributed by atoms with Crippen LogP contribution in [0.5, 0.6) is 0 Å². The van der Waals surface area contributed by atoms with Crippen molar-refractivity contribution in [3.8, 4) is 0 Å². The molecule has 2 aliphatic rings. The summed E-state index contributed by atoms with van der Waals surface area (Å²) >= 11 is 0. The van der Waals surface area contributed by atoms with E-state index < -0.39 is 0 Å². The molecular formula is C15H23N3O3. The predicted octanol–water partition coefficient (Wildman–Crippen LogP) is 0.520. The standard InChI is InChI=1S/C15H23N3O3/c1-2-11-13-12(18(17-11)5-6-19)9-15(10-16-14(13)20)3-7-21-8-4-15/h19H,2-10H2,1H3,(H,16,20). The molecule has 3 heterocycles. The van der Waals surface area contributed by atoms with Crippen molar-refractivity contribution in [1.82, 2.24) is 15.1 Å². The minimum absolute atomic E-state index is 0.0191. The first-order valence-corrected chi connectivity index (χ1v) is 7.74. The summed E-state index contributed by atoms with van der Waals surface area (Å²) in [6.07, 6.45) is 3.47. The Labute approximate surface area is 124 Å². The third-order valence-electron chi connectivity index (χ3n) is 4.72. The first kappa shape index (κ1) is 14.5. The molecule has 116 valence electrons. The zero-order valence-electron chi connectivity index (χ0n) is 12.5. The van der Waals surface area contributed by atoms with E-state index >= 15 is 0 Å². The van der Waals surface area contributed by atoms with Crippen molar-refractivity contribution in [3.63, 3.8) is 0 Å². The van der Waals surface area contributed by atoms with Gasteiger partial charge in [-0.15, -0.1) is 0 Å². The van der Waals surface area contributed by atoms with Crippen molar-refractivity contribution in [2.24, 2.45) is 5.41 Å². The maximum absolute atomic E-state index is 12.5. The van der Waals surface area contributed by atoms with E-state index in [1.165, 1.54) is 0 Å². The van der Waals surface area contributed by atoms with E-state index in [0.717, 1.165) is 55.8 Å². The molecule has 1 aromatic rings. The van der Waals surface area contributed by atoms with Crippen molar-refractivity contribution in [1.29, 1.82) is 0 Å². The van der Waals surface area contributed by atoms with Gasteiger partial charge in [-0.1, -0.05) is 6.92 Å². The summed E-state index contributed by atoms with van der Waals surface area (Å²) in [5.41, 5.74) is 2.62. The van der Waals surface area contributed by atoms with Gasteiger partial charge in [0.15, 0.2) is 0 Å². The van der Waals surface area contributed by atoms with Crippen molar-refractivity contribution in [2.45, 2.75) is 39.2 Å². The summed E-state index contributed by atoms with van der Waals surface area (Å²) in [6.45, 7) is 4.69. The van der Waals surface area contributed by atoms with E-state index in [-0.39, 0.29) is 17.9 Å². The highest BCUT2D eigenvalue weighted by molar-refractivity contribution is 5.97. The van der Waals surface area contributed by atoms with Gasteiger partial charge < -0.3 is 15.2 Å². The van der Waals surface area contributed by atoms with Crippen molar-refractivity contribution >= 4 is 5.91 Å². The lowest BCUT2D eigenvalue weighted by molar-refractivity contribution is 0.0151. The van der Waals surface area contributed by atoms with Gasteiger partial charge in [-0.2, -0.15) is 5.10 Å². The summed E-state index contributed by atoms with van der Waals surface area (Å²) in [4.78, 5) is 12.5. The number of aryl methyl sites for hydroxylation is 1. The number of nitrogens with zero attached hydrogens (tertiary/aromatic N) is 2. The molecule has 0 aromatic carbocycles. The maximum atomic E-state index is 12.5. The number of hydrogen-bond donors (Lipinski definition) is 2. The summed E-state index contributed by atoms with van der Waals surface area (Å²) < 4.78 is 7.31. The van der Waals surface area contributed by atoms with Crippen LogP contribution in [0, 0.1) is 5.41 Å². The Kier molecular flexibility index (Phi) is 3.99. The number of fused-ring (bicyclic) bond motifs is 1. The van der Waals surface area contributed by atoms with Gasteiger partial charge in [0.05, 0.1) is 30.1 Å². The Morgan fingerprint density at radius 1 is 1.43 bits per heavy atom. The van der Waals surface area contributed by atoms with Gasteiger partial charge in [-0.25, -0.2) is 0 Å². The summed E-state index contributed by atoms with van der Waals surface area (Å²) in [6, 6.07) is 0. The molecule has 1 spiro atoms. The quantitative estimate of drug-likeness (QED) is 0.852. The SMILES string of the molecule is CCc1nn(CCO)c2c1C(=O)NCC1(CCOCC1)C2. The monoisotopic (exact) mass is 293 g/mol. The number of nitrogens with one attached hydrogen (secondary N) is 1. The fourth-order valence-corrected chi connectivity index (χ4v) is 3.45. The molecule has 1 aromatic heterocycles. The van der Waals surface area contributed by atoms with Crippen LogP contribution in [0.1, 0.15) is 41.5 Å². The highest BCUT2D eigenvalue weighted by Gasteiger charge is 2.39. The molecule has 1 amide bonds. The Balaban J connectivity index is 2.03. The van der Waals surface area contributed by atoms with Crippen LogP contribution in [0.15, 0.2) is 0 Å². The third kappa shape index (κ3) is 2.58. The Morgan fingerprint density at radius 3 is 2.86 bits per heavy atom. The topological polar surface area (TPSA) is 76.4 Å². The summed E-state index contributed by atoms with van der Waals surface area (Å²) in [5, 5.41) is 16.9. The second-order valence-electron chi connectivity index (χ2n) is 6.04. The normalized spacial score (nSPS) is 21.0. The molecule has 21 heavy (non-hydrogen) atoms. The number of aliphatic hydroxyl groups excluding tert-OH is 1. The molecule has 2 aliphatic heterocycles. The van der Waals surface area contributed by atoms with Crippen molar-refractivity contribution in [2.75, 3.05) is 26.4 Å². The van der Waals surface area contributed by atoms with E-state index in [1.807, 2.05) is 11.6 Å². The van der Waals surface area contributed by atoms with Gasteiger partial charge in [0.25, 0.3) is 5.91 Å². The predicted molar refractivity (Wildman–Crippen MR) is 77.2 cm³/mol. The largest absolute Gasteiger partial charge is 0.394 e. The number of ether oxygens (including phenoxy) is 1. The Hall–Kier alpha value is -1.40. The zero-order chi connectivity index (χ0) is 14.9.